The van der Waals surface area contributed by atoms with Crippen LogP contribution in [0.2, 0.25) is 0 Å². The Hall–Kier alpha value is -2.14. The summed E-state index contributed by atoms with van der Waals surface area (Å²) in [6.07, 6.45) is 0. The molecule has 0 amide bonds. The molecular formula is C14H14N2O2S. The van der Waals surface area contributed by atoms with Crippen LogP contribution in [-0.4, -0.2) is 13.1 Å². The van der Waals surface area contributed by atoms with E-state index in [2.05, 4.69) is 0 Å². The van der Waals surface area contributed by atoms with Gasteiger partial charge in [0.2, 0.25) is 0 Å². The number of nitrogens with two attached hydrogens (primary N) is 2. The zero-order valence-electron chi connectivity index (χ0n) is 10.4. The molecule has 0 aromatic heterocycles. The molecule has 0 saturated carbocycles. The molecule has 0 aliphatic heterocycles. The zero-order chi connectivity index (χ0) is 13.8. The number of rotatable bonds is 3. The molecule has 0 aliphatic carbocycles. The van der Waals surface area contributed by atoms with Crippen molar-refractivity contribution in [3.63, 3.8) is 0 Å². The summed E-state index contributed by atoms with van der Waals surface area (Å²) in [6, 6.07) is 12.5. The first-order chi connectivity index (χ1) is 9.11. The lowest BCUT2D eigenvalue weighted by atomic mass is 10.2. The van der Waals surface area contributed by atoms with Crippen LogP contribution in [0.3, 0.4) is 0 Å². The topological polar surface area (TPSA) is 78.3 Å². The first-order valence-corrected chi connectivity index (χ1v) is 6.43. The van der Waals surface area contributed by atoms with Crippen LogP contribution < -0.4 is 11.5 Å². The fourth-order valence-corrected chi connectivity index (χ4v) is 2.57. The van der Waals surface area contributed by atoms with E-state index in [4.69, 9.17) is 16.2 Å². The molecular weight excluding hydrogens is 260 g/mol. The van der Waals surface area contributed by atoms with Gasteiger partial charge >= 0.3 is 5.97 Å². The Morgan fingerprint density at radius 1 is 1.11 bits per heavy atom. The number of benzene rings is 2. The third-order valence-electron chi connectivity index (χ3n) is 2.55. The average molecular weight is 274 g/mol. The Morgan fingerprint density at radius 2 is 1.84 bits per heavy atom. The number of esters is 1. The van der Waals surface area contributed by atoms with Crippen LogP contribution in [-0.2, 0) is 4.74 Å². The minimum absolute atomic E-state index is 0.364. The maximum Gasteiger partial charge on any atom is 0.339 e. The standard InChI is InChI=1S/C14H14N2O2S/c1-18-14(17)10-4-2-3-5-12(10)19-13-7-6-9(15)8-11(13)16/h2-8H,15-16H2,1H3. The highest BCUT2D eigenvalue weighted by molar-refractivity contribution is 7.99. The zero-order valence-corrected chi connectivity index (χ0v) is 11.2. The van der Waals surface area contributed by atoms with Gasteiger partial charge in [-0.1, -0.05) is 23.9 Å². The Balaban J connectivity index is 2.35. The molecule has 0 atom stereocenters. The highest BCUT2D eigenvalue weighted by Gasteiger charge is 2.13. The highest BCUT2D eigenvalue weighted by Crippen LogP contribution is 2.35. The average Bonchev–Trinajstić information content (AvgIpc) is 2.41. The molecule has 4 nitrogen and oxygen atoms in total. The molecule has 5 heteroatoms. The number of carbonyl (C=O) groups excluding carboxylic acids is 1. The number of methoxy groups -OCH3 is 1. The van der Waals surface area contributed by atoms with Gasteiger partial charge in [0.05, 0.1) is 12.7 Å². The molecule has 2 aromatic carbocycles. The molecule has 0 spiro atoms. The normalized spacial score (nSPS) is 10.2. The predicted molar refractivity (Wildman–Crippen MR) is 77.2 cm³/mol. The molecule has 19 heavy (non-hydrogen) atoms. The van der Waals surface area contributed by atoms with Gasteiger partial charge in [-0.25, -0.2) is 4.79 Å². The summed E-state index contributed by atoms with van der Waals surface area (Å²) in [6.45, 7) is 0. The molecule has 0 saturated heterocycles. The maximum atomic E-state index is 11.7. The van der Waals surface area contributed by atoms with Gasteiger partial charge in [-0.15, -0.1) is 0 Å². The van der Waals surface area contributed by atoms with E-state index in [0.717, 1.165) is 9.79 Å². The Kier molecular flexibility index (Phi) is 3.97. The van der Waals surface area contributed by atoms with Gasteiger partial charge in [-0.05, 0) is 30.3 Å². The minimum Gasteiger partial charge on any atom is -0.465 e. The molecule has 2 rings (SSSR count). The second kappa shape index (κ2) is 5.67. The van der Waals surface area contributed by atoms with Crippen molar-refractivity contribution in [2.75, 3.05) is 18.6 Å². The van der Waals surface area contributed by atoms with Crippen LogP contribution in [0.15, 0.2) is 52.3 Å². The van der Waals surface area contributed by atoms with Crippen LogP contribution in [0.4, 0.5) is 11.4 Å². The van der Waals surface area contributed by atoms with Gasteiger partial charge in [-0.3, -0.25) is 0 Å². The SMILES string of the molecule is COC(=O)c1ccccc1Sc1ccc(N)cc1N. The number of ether oxygens (including phenoxy) is 1. The summed E-state index contributed by atoms with van der Waals surface area (Å²) in [4.78, 5) is 13.3. The van der Waals surface area contributed by atoms with Crippen molar-refractivity contribution in [1.82, 2.24) is 0 Å². The van der Waals surface area contributed by atoms with E-state index < -0.39 is 0 Å². The predicted octanol–water partition coefficient (Wildman–Crippen LogP) is 2.79. The van der Waals surface area contributed by atoms with Crippen LogP contribution in [0.5, 0.6) is 0 Å². The van der Waals surface area contributed by atoms with Crippen LogP contribution in [0.1, 0.15) is 10.4 Å². The number of hydrogen-bond donors (Lipinski definition) is 2. The van der Waals surface area contributed by atoms with Gasteiger partial charge in [0.15, 0.2) is 0 Å². The van der Waals surface area contributed by atoms with E-state index >= 15 is 0 Å². The lowest BCUT2D eigenvalue weighted by molar-refractivity contribution is 0.0597. The molecule has 4 N–H and O–H groups in total. The van der Waals surface area contributed by atoms with Crippen molar-refractivity contribution in [2.24, 2.45) is 0 Å². The first-order valence-electron chi connectivity index (χ1n) is 5.62. The summed E-state index contributed by atoms with van der Waals surface area (Å²) in [5.41, 5.74) is 13.3. The van der Waals surface area contributed by atoms with E-state index in [-0.39, 0.29) is 5.97 Å². The quantitative estimate of drug-likeness (QED) is 0.664. The molecule has 0 fully saturated rings. The number of nitrogen functional groups attached to an aromatic ring is 2. The van der Waals surface area contributed by atoms with Gasteiger partial charge < -0.3 is 16.2 Å². The van der Waals surface area contributed by atoms with Crippen molar-refractivity contribution < 1.29 is 9.53 Å². The molecule has 0 radical (unpaired) electrons. The van der Waals surface area contributed by atoms with E-state index in [9.17, 15) is 4.79 Å². The van der Waals surface area contributed by atoms with E-state index in [0.29, 0.717) is 16.9 Å². The number of hydrogen-bond acceptors (Lipinski definition) is 5. The summed E-state index contributed by atoms with van der Waals surface area (Å²) in [5, 5.41) is 0. The monoisotopic (exact) mass is 274 g/mol. The molecule has 0 bridgehead atoms. The van der Waals surface area contributed by atoms with E-state index in [1.807, 2.05) is 18.2 Å². The van der Waals surface area contributed by atoms with Crippen molar-refractivity contribution in [1.29, 1.82) is 0 Å². The number of anilines is 2. The van der Waals surface area contributed by atoms with Crippen LogP contribution >= 0.6 is 11.8 Å². The maximum absolute atomic E-state index is 11.7. The van der Waals surface area contributed by atoms with Gasteiger partial charge in [-0.2, -0.15) is 0 Å². The third-order valence-corrected chi connectivity index (χ3v) is 3.71. The summed E-state index contributed by atoms with van der Waals surface area (Å²) in [7, 11) is 1.36. The number of carbonyl (C=O) groups is 1. The van der Waals surface area contributed by atoms with Crippen LogP contribution in [0.25, 0.3) is 0 Å². The van der Waals surface area contributed by atoms with Gasteiger partial charge in [0.25, 0.3) is 0 Å². The Morgan fingerprint density at radius 3 is 2.53 bits per heavy atom. The molecule has 2 aromatic rings. The lowest BCUT2D eigenvalue weighted by Gasteiger charge is -2.09. The van der Waals surface area contributed by atoms with Crippen molar-refractivity contribution in [3.05, 3.63) is 48.0 Å². The minimum atomic E-state index is -0.364. The summed E-state index contributed by atoms with van der Waals surface area (Å²) < 4.78 is 4.76. The van der Waals surface area contributed by atoms with Crippen molar-refractivity contribution in [3.8, 4) is 0 Å². The summed E-state index contributed by atoms with van der Waals surface area (Å²) in [5.74, 6) is -0.364. The second-order valence-corrected chi connectivity index (χ2v) is 4.97. The van der Waals surface area contributed by atoms with Crippen molar-refractivity contribution in [2.45, 2.75) is 9.79 Å². The fourth-order valence-electron chi connectivity index (χ4n) is 1.61. The highest BCUT2D eigenvalue weighted by atomic mass is 32.2. The van der Waals surface area contributed by atoms with Crippen molar-refractivity contribution >= 4 is 29.1 Å². The molecule has 0 heterocycles. The second-order valence-electron chi connectivity index (χ2n) is 3.89. The third kappa shape index (κ3) is 3.00. The van der Waals surface area contributed by atoms with Crippen LogP contribution in [0, 0.1) is 0 Å². The smallest absolute Gasteiger partial charge is 0.339 e. The molecule has 0 unspecified atom stereocenters. The molecule has 0 aliphatic rings. The Bertz CT molecular complexity index is 614. The lowest BCUT2D eigenvalue weighted by Crippen LogP contribution is -2.02. The van der Waals surface area contributed by atoms with Gasteiger partial charge in [0.1, 0.15) is 0 Å². The van der Waals surface area contributed by atoms with E-state index in [1.165, 1.54) is 18.9 Å². The molecule has 98 valence electrons. The fraction of sp³-hybridized carbons (Fsp3) is 0.0714. The van der Waals surface area contributed by atoms with Gasteiger partial charge in [0, 0.05) is 21.2 Å². The Labute approximate surface area is 115 Å². The largest absolute Gasteiger partial charge is 0.465 e. The summed E-state index contributed by atoms with van der Waals surface area (Å²) >= 11 is 1.41. The van der Waals surface area contributed by atoms with E-state index in [1.54, 1.807) is 24.3 Å². The first kappa shape index (κ1) is 13.3.